The molecule has 1 saturated heterocycles. The van der Waals surface area contributed by atoms with Gasteiger partial charge < -0.3 is 40.3 Å². The van der Waals surface area contributed by atoms with Crippen LogP contribution in [0, 0.1) is 0 Å². The summed E-state index contributed by atoms with van der Waals surface area (Å²) in [7, 11) is -4.79. The minimum atomic E-state index is -4.79. The molecule has 7 N–H and O–H groups in total. The van der Waals surface area contributed by atoms with Gasteiger partial charge in [-0.25, -0.2) is 4.57 Å². The lowest BCUT2D eigenvalue weighted by Crippen LogP contribution is -2.46. The second-order valence-electron chi connectivity index (χ2n) is 7.25. The van der Waals surface area contributed by atoms with E-state index in [9.17, 15) is 19.6 Å². The molecule has 0 amide bonds. The van der Waals surface area contributed by atoms with E-state index in [4.69, 9.17) is 20.3 Å². The van der Waals surface area contributed by atoms with Gasteiger partial charge in [0.25, 0.3) is 5.56 Å². The molecule has 1 fully saturated rings. The van der Waals surface area contributed by atoms with Gasteiger partial charge in [-0.1, -0.05) is 30.3 Å². The normalized spacial score (nSPS) is 25.8. The Morgan fingerprint density at radius 2 is 1.97 bits per heavy atom. The number of rotatable bonds is 6. The van der Waals surface area contributed by atoms with E-state index in [2.05, 4.69) is 14.5 Å². The number of phosphoric ester groups is 1. The third-order valence-electron chi connectivity index (χ3n) is 5.07. The zero-order valence-corrected chi connectivity index (χ0v) is 17.0. The van der Waals surface area contributed by atoms with Crippen molar-refractivity contribution in [2.75, 3.05) is 28.8 Å². The first-order valence-corrected chi connectivity index (χ1v) is 10.8. The molecule has 2 aliphatic heterocycles. The summed E-state index contributed by atoms with van der Waals surface area (Å²) in [4.78, 5) is 40.2. The van der Waals surface area contributed by atoms with Crippen LogP contribution < -0.4 is 21.1 Å². The van der Waals surface area contributed by atoms with E-state index < -0.39 is 44.5 Å². The number of fused-ring (bicyclic) bond motifs is 1. The van der Waals surface area contributed by atoms with Crippen LogP contribution in [0.5, 0.6) is 0 Å². The van der Waals surface area contributed by atoms with Crippen molar-refractivity contribution >= 4 is 25.3 Å². The first-order chi connectivity index (χ1) is 14.6. The summed E-state index contributed by atoms with van der Waals surface area (Å²) in [5, 5.41) is 20.8. The number of hydrogen-bond acceptors (Lipinski definition) is 10. The van der Waals surface area contributed by atoms with Gasteiger partial charge in [0.1, 0.15) is 24.0 Å². The van der Waals surface area contributed by atoms with Gasteiger partial charge in [0, 0.05) is 6.54 Å². The lowest BCUT2D eigenvalue weighted by Gasteiger charge is -2.28. The summed E-state index contributed by atoms with van der Waals surface area (Å²) in [6.45, 7) is -0.197. The van der Waals surface area contributed by atoms with Crippen LogP contribution >= 0.6 is 7.82 Å². The Hall–Kier alpha value is -2.51. The first-order valence-electron chi connectivity index (χ1n) is 9.31. The number of aromatic amines is 1. The largest absolute Gasteiger partial charge is 0.469 e. The molecule has 168 valence electrons. The Morgan fingerprint density at radius 3 is 2.65 bits per heavy atom. The van der Waals surface area contributed by atoms with E-state index in [1.165, 1.54) is 4.90 Å². The third-order valence-corrected chi connectivity index (χ3v) is 5.56. The number of nitrogens with one attached hydrogen (secondary N) is 1. The zero-order valence-electron chi connectivity index (χ0n) is 16.1. The molecule has 0 aliphatic carbocycles. The van der Waals surface area contributed by atoms with Crippen molar-refractivity contribution in [3.63, 3.8) is 0 Å². The van der Waals surface area contributed by atoms with Crippen molar-refractivity contribution in [1.29, 1.82) is 0 Å². The fourth-order valence-corrected chi connectivity index (χ4v) is 4.05. The summed E-state index contributed by atoms with van der Waals surface area (Å²) >= 11 is 0. The van der Waals surface area contributed by atoms with Crippen molar-refractivity contribution in [3.8, 4) is 0 Å². The molecule has 0 bridgehead atoms. The molecule has 0 saturated carbocycles. The number of anilines is 3. The van der Waals surface area contributed by atoms with Gasteiger partial charge in [0.05, 0.1) is 13.3 Å². The van der Waals surface area contributed by atoms with Gasteiger partial charge >= 0.3 is 7.82 Å². The maximum atomic E-state index is 12.6. The Balaban J connectivity index is 1.62. The maximum absolute atomic E-state index is 12.6. The first kappa shape index (κ1) is 21.7. The van der Waals surface area contributed by atoms with Crippen molar-refractivity contribution in [2.24, 2.45) is 0 Å². The Labute approximate surface area is 175 Å². The van der Waals surface area contributed by atoms with Crippen LogP contribution in [0.3, 0.4) is 0 Å². The van der Waals surface area contributed by atoms with E-state index in [1.807, 2.05) is 30.3 Å². The number of aliphatic hydroxyl groups is 2. The van der Waals surface area contributed by atoms with E-state index in [0.717, 1.165) is 5.56 Å². The number of nitrogen functional groups attached to an aromatic ring is 1. The zero-order chi connectivity index (χ0) is 22.3. The van der Waals surface area contributed by atoms with Gasteiger partial charge in [-0.05, 0) is 5.56 Å². The summed E-state index contributed by atoms with van der Waals surface area (Å²) in [5.74, 6) is 0.0229. The van der Waals surface area contributed by atoms with Crippen LogP contribution in [0.15, 0.2) is 35.1 Å². The molecule has 3 heterocycles. The minimum absolute atomic E-state index is 0.0876. The lowest BCUT2D eigenvalue weighted by molar-refractivity contribution is -0.0218. The molecule has 0 unspecified atom stereocenters. The third kappa shape index (κ3) is 4.43. The molecule has 31 heavy (non-hydrogen) atoms. The molecule has 0 radical (unpaired) electrons. The van der Waals surface area contributed by atoms with Crippen LogP contribution in [0.2, 0.25) is 0 Å². The fraction of sp³-hybridized carbons (Fsp3) is 0.412. The number of aliphatic hydroxyl groups excluding tert-OH is 2. The maximum Gasteiger partial charge on any atom is 0.469 e. The molecular formula is C17H22N5O8P. The Bertz CT molecular complexity index is 1050. The molecule has 4 atom stereocenters. The predicted molar refractivity (Wildman–Crippen MR) is 108 cm³/mol. The smallest absolute Gasteiger partial charge is 0.387 e. The van der Waals surface area contributed by atoms with Gasteiger partial charge in [0.15, 0.2) is 12.0 Å². The van der Waals surface area contributed by atoms with Crippen molar-refractivity contribution in [2.45, 2.75) is 31.1 Å². The van der Waals surface area contributed by atoms with E-state index >= 15 is 0 Å². The van der Waals surface area contributed by atoms with Crippen molar-refractivity contribution in [3.05, 3.63) is 46.2 Å². The van der Waals surface area contributed by atoms with Crippen molar-refractivity contribution < 1.29 is 33.8 Å². The number of ether oxygens (including phenoxy) is 1. The van der Waals surface area contributed by atoms with Crippen LogP contribution in [0.4, 0.5) is 17.5 Å². The van der Waals surface area contributed by atoms with Crippen LogP contribution in [-0.4, -0.2) is 67.8 Å². The quantitative estimate of drug-likeness (QED) is 0.282. The molecule has 2 aromatic rings. The molecule has 1 aromatic carbocycles. The highest BCUT2D eigenvalue weighted by atomic mass is 31.2. The molecule has 0 spiro atoms. The number of nitrogens with two attached hydrogens (primary N) is 1. The Morgan fingerprint density at radius 1 is 1.26 bits per heavy atom. The minimum Gasteiger partial charge on any atom is -0.387 e. The van der Waals surface area contributed by atoms with Gasteiger partial charge in [-0.2, -0.15) is 4.98 Å². The second-order valence-corrected chi connectivity index (χ2v) is 8.49. The highest BCUT2D eigenvalue weighted by Gasteiger charge is 2.49. The van der Waals surface area contributed by atoms with Gasteiger partial charge in [-0.3, -0.25) is 14.3 Å². The summed E-state index contributed by atoms with van der Waals surface area (Å²) in [6.07, 6.45) is -5.31. The molecule has 2 aliphatic rings. The van der Waals surface area contributed by atoms with E-state index in [0.29, 0.717) is 6.54 Å². The highest BCUT2D eigenvalue weighted by Crippen LogP contribution is 2.40. The number of H-pyrrole nitrogens is 1. The molecule has 4 rings (SSSR count). The summed E-state index contributed by atoms with van der Waals surface area (Å²) < 4.78 is 21.0. The molecule has 1 aromatic heterocycles. The molecule has 13 nitrogen and oxygen atoms in total. The van der Waals surface area contributed by atoms with Gasteiger partial charge in [0.2, 0.25) is 5.95 Å². The van der Waals surface area contributed by atoms with Crippen LogP contribution in [-0.2, 0) is 20.4 Å². The number of hydrogen-bond donors (Lipinski definition) is 6. The average molecular weight is 455 g/mol. The topological polar surface area (TPSA) is 195 Å². The predicted octanol–water partition coefficient (Wildman–Crippen LogP) is -1.31. The SMILES string of the molecule is Nc1nc2c(c(=O)[nH]1)N(Cc1ccccc1)CN2[C@@H]1O[C@H](COP(=O)(O)O)[C@@H](O)[C@H]1O. The fourth-order valence-electron chi connectivity index (χ4n) is 3.71. The number of aromatic nitrogens is 2. The summed E-state index contributed by atoms with van der Waals surface area (Å²) in [5.41, 5.74) is 6.37. The highest BCUT2D eigenvalue weighted by molar-refractivity contribution is 7.46. The monoisotopic (exact) mass is 455 g/mol. The van der Waals surface area contributed by atoms with E-state index in [-0.39, 0.29) is 24.1 Å². The van der Waals surface area contributed by atoms with Crippen LogP contribution in [0.25, 0.3) is 0 Å². The van der Waals surface area contributed by atoms with Crippen molar-refractivity contribution in [1.82, 2.24) is 9.97 Å². The van der Waals surface area contributed by atoms with Gasteiger partial charge in [-0.15, -0.1) is 0 Å². The molecule has 14 heteroatoms. The lowest BCUT2D eigenvalue weighted by atomic mass is 10.1. The van der Waals surface area contributed by atoms with Crippen LogP contribution in [0.1, 0.15) is 5.56 Å². The summed E-state index contributed by atoms with van der Waals surface area (Å²) in [6, 6.07) is 9.37. The number of nitrogens with zero attached hydrogens (tertiary/aromatic N) is 3. The average Bonchev–Trinajstić information content (AvgIpc) is 3.18. The second kappa shape index (κ2) is 8.20. The number of benzene rings is 1. The molecular weight excluding hydrogens is 433 g/mol. The standard InChI is InChI=1S/C17H22N5O8P/c18-17-19-14-11(15(25)20-17)21(6-9-4-2-1-3-5-9)8-22(14)16-13(24)12(23)10(30-16)7-29-31(26,27)28/h1-5,10,12-13,16,23-24H,6-8H2,(H2,26,27,28)(H3,18,19,20,25)/t10-,12-,13-,16-/m1/s1. The van der Waals surface area contributed by atoms with E-state index in [1.54, 1.807) is 4.90 Å². The Kier molecular flexibility index (Phi) is 5.75. The number of phosphoric acid groups is 1.